The number of carbonyl (C=O) groups is 2. The SMILES string of the molecule is CN1CCC(O)(c2cc(-c3cccc(-c4nc(C(N)=O)c(NC5COC5)s4)c3)no2)C1=O. The van der Waals surface area contributed by atoms with Crippen molar-refractivity contribution in [2.45, 2.75) is 18.1 Å². The number of ether oxygens (including phenoxy) is 1. The smallest absolute Gasteiger partial charge is 0.270 e. The number of likely N-dealkylation sites (tertiary alicyclic amines) is 1. The molecule has 2 fully saturated rings. The van der Waals surface area contributed by atoms with Crippen LogP contribution in [0.15, 0.2) is 34.9 Å². The standard InChI is InChI=1S/C21H21N5O5S/c1-26-6-5-21(29,20(26)28)15-8-14(25-31-15)11-3-2-4-12(7-11)18-24-16(17(22)27)19(32-18)23-13-9-30-10-13/h2-4,7-8,13,23,29H,5-6,9-10H2,1H3,(H2,22,27). The van der Waals surface area contributed by atoms with Crippen molar-refractivity contribution in [3.05, 3.63) is 41.8 Å². The lowest BCUT2D eigenvalue weighted by Gasteiger charge is -2.27. The molecule has 4 heterocycles. The van der Waals surface area contributed by atoms with Gasteiger partial charge >= 0.3 is 0 Å². The van der Waals surface area contributed by atoms with Crippen LogP contribution in [0, 0.1) is 0 Å². The van der Waals surface area contributed by atoms with E-state index < -0.39 is 17.4 Å². The molecule has 1 atom stereocenters. The molecule has 166 valence electrons. The number of primary amides is 1. The van der Waals surface area contributed by atoms with Crippen LogP contribution in [-0.4, -0.2) is 64.8 Å². The summed E-state index contributed by atoms with van der Waals surface area (Å²) in [7, 11) is 1.64. The van der Waals surface area contributed by atoms with Gasteiger partial charge in [-0.1, -0.05) is 34.7 Å². The zero-order valence-electron chi connectivity index (χ0n) is 17.2. The van der Waals surface area contributed by atoms with Gasteiger partial charge in [0.05, 0.1) is 19.3 Å². The second-order valence-electron chi connectivity index (χ2n) is 7.93. The Balaban J connectivity index is 1.45. The summed E-state index contributed by atoms with van der Waals surface area (Å²) in [6.45, 7) is 1.58. The molecule has 32 heavy (non-hydrogen) atoms. The van der Waals surface area contributed by atoms with Crippen LogP contribution in [0.4, 0.5) is 5.00 Å². The normalized spacial score (nSPS) is 21.1. The third kappa shape index (κ3) is 3.44. The van der Waals surface area contributed by atoms with Crippen LogP contribution in [0.2, 0.25) is 0 Å². The number of amides is 2. The zero-order chi connectivity index (χ0) is 22.5. The Morgan fingerprint density at radius 1 is 1.34 bits per heavy atom. The maximum Gasteiger partial charge on any atom is 0.270 e. The first-order valence-electron chi connectivity index (χ1n) is 10.1. The summed E-state index contributed by atoms with van der Waals surface area (Å²) < 4.78 is 10.5. The molecule has 2 aromatic heterocycles. The number of hydrogen-bond acceptors (Lipinski definition) is 9. The first kappa shape index (κ1) is 20.6. The van der Waals surface area contributed by atoms with Gasteiger partial charge in [0.25, 0.3) is 11.8 Å². The van der Waals surface area contributed by atoms with E-state index >= 15 is 0 Å². The fraction of sp³-hybridized carbons (Fsp3) is 0.333. The van der Waals surface area contributed by atoms with Gasteiger partial charge in [0, 0.05) is 37.2 Å². The molecule has 1 aromatic carbocycles. The highest BCUT2D eigenvalue weighted by Crippen LogP contribution is 2.37. The molecular weight excluding hydrogens is 434 g/mol. The van der Waals surface area contributed by atoms with Gasteiger partial charge in [-0.25, -0.2) is 4.98 Å². The van der Waals surface area contributed by atoms with Crippen LogP contribution >= 0.6 is 11.3 Å². The lowest BCUT2D eigenvalue weighted by Crippen LogP contribution is -2.40. The van der Waals surface area contributed by atoms with Crippen LogP contribution in [0.1, 0.15) is 22.7 Å². The molecule has 0 aliphatic carbocycles. The highest BCUT2D eigenvalue weighted by molar-refractivity contribution is 7.19. The molecule has 3 aromatic rings. The quantitative estimate of drug-likeness (QED) is 0.506. The predicted molar refractivity (Wildman–Crippen MR) is 116 cm³/mol. The van der Waals surface area contributed by atoms with Crippen molar-refractivity contribution in [2.24, 2.45) is 5.73 Å². The Morgan fingerprint density at radius 3 is 2.78 bits per heavy atom. The van der Waals surface area contributed by atoms with E-state index in [1.165, 1.54) is 16.2 Å². The van der Waals surface area contributed by atoms with Crippen molar-refractivity contribution >= 4 is 28.2 Å². The molecule has 0 radical (unpaired) electrons. The monoisotopic (exact) mass is 455 g/mol. The number of hydrogen-bond donors (Lipinski definition) is 3. The van der Waals surface area contributed by atoms with Gasteiger partial charge in [-0.05, 0) is 6.07 Å². The maximum absolute atomic E-state index is 12.3. The van der Waals surface area contributed by atoms with E-state index in [-0.39, 0.29) is 23.9 Å². The number of aliphatic hydroxyl groups is 1. The predicted octanol–water partition coefficient (Wildman–Crippen LogP) is 1.42. The zero-order valence-corrected chi connectivity index (χ0v) is 18.0. The Kier molecular flexibility index (Phi) is 4.96. The molecule has 0 bridgehead atoms. The average Bonchev–Trinajstić information content (AvgIpc) is 3.47. The number of nitrogens with two attached hydrogens (primary N) is 1. The summed E-state index contributed by atoms with van der Waals surface area (Å²) in [6.07, 6.45) is 0.244. The van der Waals surface area contributed by atoms with Crippen LogP contribution < -0.4 is 11.1 Å². The molecule has 11 heteroatoms. The van der Waals surface area contributed by atoms with Crippen LogP contribution in [0.25, 0.3) is 21.8 Å². The number of carbonyl (C=O) groups excluding carboxylic acids is 2. The molecule has 1 unspecified atom stereocenters. The van der Waals surface area contributed by atoms with Crippen LogP contribution in [0.3, 0.4) is 0 Å². The number of anilines is 1. The summed E-state index contributed by atoms with van der Waals surface area (Å²) >= 11 is 1.34. The molecule has 2 aliphatic heterocycles. The molecule has 4 N–H and O–H groups in total. The van der Waals surface area contributed by atoms with E-state index in [1.807, 2.05) is 24.3 Å². The van der Waals surface area contributed by atoms with Crippen molar-refractivity contribution in [3.8, 4) is 21.8 Å². The van der Waals surface area contributed by atoms with Crippen LogP contribution in [0.5, 0.6) is 0 Å². The highest BCUT2D eigenvalue weighted by Gasteiger charge is 2.48. The summed E-state index contributed by atoms with van der Waals surface area (Å²) in [5.41, 5.74) is 5.98. The number of aromatic nitrogens is 2. The van der Waals surface area contributed by atoms with Gasteiger partial charge in [-0.2, -0.15) is 0 Å². The van der Waals surface area contributed by atoms with Gasteiger partial charge < -0.3 is 30.3 Å². The van der Waals surface area contributed by atoms with Crippen molar-refractivity contribution in [2.75, 3.05) is 32.1 Å². The Hall–Kier alpha value is -3.28. The minimum Gasteiger partial charge on any atom is -0.377 e. The average molecular weight is 455 g/mol. The topological polar surface area (TPSA) is 144 Å². The second kappa shape index (κ2) is 7.69. The number of likely N-dealkylation sites (N-methyl/N-ethyl adjacent to an activating group) is 1. The minimum atomic E-state index is -1.70. The van der Waals surface area contributed by atoms with E-state index in [2.05, 4.69) is 15.5 Å². The van der Waals surface area contributed by atoms with E-state index in [0.717, 1.165) is 11.1 Å². The summed E-state index contributed by atoms with van der Waals surface area (Å²) in [4.78, 5) is 30.1. The minimum absolute atomic E-state index is 0.117. The van der Waals surface area contributed by atoms with Gasteiger partial charge in [-0.3, -0.25) is 9.59 Å². The van der Waals surface area contributed by atoms with E-state index in [1.54, 1.807) is 13.1 Å². The first-order chi connectivity index (χ1) is 15.3. The lowest BCUT2D eigenvalue weighted by atomic mass is 9.98. The molecule has 2 amide bonds. The first-order valence-corrected chi connectivity index (χ1v) is 10.9. The Bertz CT molecular complexity index is 1200. The van der Waals surface area contributed by atoms with Gasteiger partial charge in [-0.15, -0.1) is 0 Å². The Morgan fingerprint density at radius 2 is 2.12 bits per heavy atom. The number of nitrogens with one attached hydrogen (secondary N) is 1. The number of rotatable bonds is 6. The summed E-state index contributed by atoms with van der Waals surface area (Å²) in [5.74, 6) is -0.897. The molecular formula is C21H21N5O5S. The number of nitrogens with zero attached hydrogens (tertiary/aromatic N) is 3. The summed E-state index contributed by atoms with van der Waals surface area (Å²) in [5, 5.41) is 19.3. The largest absolute Gasteiger partial charge is 0.377 e. The summed E-state index contributed by atoms with van der Waals surface area (Å²) in [6, 6.07) is 9.10. The fourth-order valence-electron chi connectivity index (χ4n) is 3.71. The van der Waals surface area contributed by atoms with Gasteiger partial charge in [0.2, 0.25) is 5.60 Å². The van der Waals surface area contributed by atoms with E-state index in [0.29, 0.717) is 35.5 Å². The van der Waals surface area contributed by atoms with Gasteiger partial charge in [0.15, 0.2) is 11.5 Å². The molecule has 2 saturated heterocycles. The lowest BCUT2D eigenvalue weighted by molar-refractivity contribution is -0.144. The van der Waals surface area contributed by atoms with E-state index in [4.69, 9.17) is 15.0 Å². The molecule has 2 aliphatic rings. The van der Waals surface area contributed by atoms with E-state index in [9.17, 15) is 14.7 Å². The molecule has 0 saturated carbocycles. The van der Waals surface area contributed by atoms with Crippen molar-refractivity contribution in [1.82, 2.24) is 15.0 Å². The number of benzene rings is 1. The van der Waals surface area contributed by atoms with Crippen molar-refractivity contribution < 1.29 is 24.0 Å². The maximum atomic E-state index is 12.3. The van der Waals surface area contributed by atoms with Crippen LogP contribution in [-0.2, 0) is 15.1 Å². The molecule has 10 nitrogen and oxygen atoms in total. The second-order valence-corrected chi connectivity index (χ2v) is 8.93. The fourth-order valence-corrected chi connectivity index (χ4v) is 4.76. The van der Waals surface area contributed by atoms with Crippen molar-refractivity contribution in [1.29, 1.82) is 0 Å². The highest BCUT2D eigenvalue weighted by atomic mass is 32.1. The van der Waals surface area contributed by atoms with Gasteiger partial charge in [0.1, 0.15) is 15.7 Å². The Labute approximate surface area is 187 Å². The number of thiazole rings is 1. The van der Waals surface area contributed by atoms with Crippen molar-refractivity contribution in [3.63, 3.8) is 0 Å². The third-order valence-corrected chi connectivity index (χ3v) is 6.70. The third-order valence-electron chi connectivity index (χ3n) is 5.67. The molecule has 5 rings (SSSR count). The molecule has 0 spiro atoms.